The zero-order valence-corrected chi connectivity index (χ0v) is 26.7. The molecule has 3 aliphatic rings. The molecule has 9 heteroatoms. The van der Waals surface area contributed by atoms with Gasteiger partial charge in [-0.05, 0) is 119 Å². The fourth-order valence-electron chi connectivity index (χ4n) is 8.94. The molecule has 0 aromatic heterocycles. The van der Waals surface area contributed by atoms with E-state index in [0.29, 0.717) is 31.6 Å². The fourth-order valence-corrected chi connectivity index (χ4v) is 8.94. The molecule has 2 saturated carbocycles. The van der Waals surface area contributed by atoms with Gasteiger partial charge in [0.15, 0.2) is 0 Å². The van der Waals surface area contributed by atoms with Crippen LogP contribution in [0.4, 0.5) is 26.3 Å². The Kier molecular flexibility index (Phi) is 11.3. The first-order valence-corrected chi connectivity index (χ1v) is 16.9. The first kappa shape index (κ1) is 35.4. The van der Waals surface area contributed by atoms with Gasteiger partial charge in [-0.2, -0.15) is 22.0 Å². The van der Waals surface area contributed by atoms with E-state index in [-0.39, 0.29) is 29.9 Å². The Balaban J connectivity index is 1.18. The van der Waals surface area contributed by atoms with Crippen LogP contribution < -0.4 is 0 Å². The molecule has 252 valence electrons. The maximum absolute atomic E-state index is 16.1. The maximum Gasteiger partial charge on any atom is 0.453 e. The van der Waals surface area contributed by atoms with Crippen LogP contribution in [0.3, 0.4) is 0 Å². The summed E-state index contributed by atoms with van der Waals surface area (Å²) in [6.07, 6.45) is 3.17. The third-order valence-corrected chi connectivity index (χ3v) is 11.7. The molecular weight excluding hydrogens is 580 g/mol. The van der Waals surface area contributed by atoms with Crippen molar-refractivity contribution >= 4 is 0 Å². The van der Waals surface area contributed by atoms with E-state index in [1.807, 2.05) is 19.1 Å². The van der Waals surface area contributed by atoms with Crippen LogP contribution in [0, 0.1) is 23.2 Å². The summed E-state index contributed by atoms with van der Waals surface area (Å²) in [5.41, 5.74) is 0.845. The summed E-state index contributed by atoms with van der Waals surface area (Å²) >= 11 is 0. The summed E-state index contributed by atoms with van der Waals surface area (Å²) in [5, 5.41) is 21.5. The maximum atomic E-state index is 16.1. The topological polar surface area (TPSA) is 43.7 Å². The van der Waals surface area contributed by atoms with Crippen molar-refractivity contribution in [3.8, 4) is 5.75 Å². The summed E-state index contributed by atoms with van der Waals surface area (Å²) in [6.45, 7) is 5.90. The third kappa shape index (κ3) is 7.72. The van der Waals surface area contributed by atoms with Crippen LogP contribution >= 0.6 is 0 Å². The first-order chi connectivity index (χ1) is 20.6. The molecule has 0 heterocycles. The number of phenols is 1. The Bertz CT molecular complexity index is 1080. The highest BCUT2D eigenvalue weighted by atomic mass is 19.4. The SMILES string of the molecule is CN(CCCCCCCCC(F)(F)C(F)(F)F)CCCCC[C@@H]1Cc2cc(O)ccc2[C@H]2C(F)C[C@@]3(C)[C@@H](CC[C@]3(C)O)[C@H]12. The predicted octanol–water partition coefficient (Wildman–Crippen LogP) is 9.59. The van der Waals surface area contributed by atoms with Gasteiger partial charge in [0, 0.05) is 17.8 Å². The number of hydrogen-bond acceptors (Lipinski definition) is 3. The molecule has 0 aliphatic heterocycles. The van der Waals surface area contributed by atoms with E-state index < -0.39 is 35.7 Å². The van der Waals surface area contributed by atoms with E-state index >= 15 is 4.39 Å². The molecule has 3 aliphatic carbocycles. The van der Waals surface area contributed by atoms with Gasteiger partial charge in [-0.1, -0.05) is 51.5 Å². The Morgan fingerprint density at radius 1 is 0.909 bits per heavy atom. The standard InChI is InChI=1S/C35H53F6NO2/c1-32-23-29(36)31-27-15-14-26(43)22-25(27)21-24(30(31)28(32)16-18-33(32,2)44)13-9-8-12-20-42(3)19-11-7-5-4-6-10-17-34(37,38)35(39,40)41/h14-15,22,24,28-31,43-44H,4-13,16-21,23H2,1-3H3/t24-,28+,29?,30+,31+,32+,33+/m1/s1. The Hall–Kier alpha value is -1.48. The quantitative estimate of drug-likeness (QED) is 0.149. The van der Waals surface area contributed by atoms with Crippen molar-refractivity contribution in [3.05, 3.63) is 29.3 Å². The van der Waals surface area contributed by atoms with Crippen LogP contribution in [0.1, 0.15) is 121 Å². The van der Waals surface area contributed by atoms with Gasteiger partial charge in [0.05, 0.1) is 5.60 Å². The Labute approximate surface area is 259 Å². The van der Waals surface area contributed by atoms with Gasteiger partial charge < -0.3 is 15.1 Å². The fraction of sp³-hybridized carbons (Fsp3) is 0.829. The highest BCUT2D eigenvalue weighted by Crippen LogP contribution is 2.66. The van der Waals surface area contributed by atoms with Gasteiger partial charge in [-0.3, -0.25) is 0 Å². The summed E-state index contributed by atoms with van der Waals surface area (Å²) in [7, 11) is 2.09. The first-order valence-electron chi connectivity index (χ1n) is 16.9. The molecule has 1 aromatic carbocycles. The summed E-state index contributed by atoms with van der Waals surface area (Å²) in [6, 6.07) is 5.44. The molecule has 0 spiro atoms. The number of fused-ring (bicyclic) bond motifs is 5. The van der Waals surface area contributed by atoms with Crippen molar-refractivity contribution < 1.29 is 36.6 Å². The summed E-state index contributed by atoms with van der Waals surface area (Å²) < 4.78 is 78.7. The largest absolute Gasteiger partial charge is 0.508 e. The number of aromatic hydroxyl groups is 1. The van der Waals surface area contributed by atoms with Crippen LogP contribution in [0.5, 0.6) is 5.75 Å². The minimum atomic E-state index is -5.46. The molecule has 2 fully saturated rings. The number of benzene rings is 1. The van der Waals surface area contributed by atoms with Gasteiger partial charge in [0.25, 0.3) is 0 Å². The highest BCUT2D eigenvalue weighted by Gasteiger charge is 2.63. The molecule has 1 aromatic rings. The van der Waals surface area contributed by atoms with E-state index in [1.54, 1.807) is 6.07 Å². The smallest absolute Gasteiger partial charge is 0.453 e. The second-order valence-electron chi connectivity index (χ2n) is 14.7. The number of unbranched alkanes of at least 4 members (excludes halogenated alkanes) is 7. The highest BCUT2D eigenvalue weighted by molar-refractivity contribution is 5.41. The normalized spacial score (nSPS) is 32.0. The van der Waals surface area contributed by atoms with E-state index in [0.717, 1.165) is 82.0 Å². The summed E-state index contributed by atoms with van der Waals surface area (Å²) in [5.74, 6) is -3.73. The number of alkyl halides is 6. The third-order valence-electron chi connectivity index (χ3n) is 11.7. The predicted molar refractivity (Wildman–Crippen MR) is 162 cm³/mol. The Morgan fingerprint density at radius 3 is 2.18 bits per heavy atom. The van der Waals surface area contributed by atoms with E-state index in [1.165, 1.54) is 0 Å². The van der Waals surface area contributed by atoms with Crippen LogP contribution in [0.2, 0.25) is 0 Å². The van der Waals surface area contributed by atoms with Crippen LogP contribution in [-0.2, 0) is 6.42 Å². The molecule has 3 nitrogen and oxygen atoms in total. The minimum absolute atomic E-state index is 0.112. The van der Waals surface area contributed by atoms with Gasteiger partial charge >= 0.3 is 12.1 Å². The number of nitrogens with zero attached hydrogens (tertiary/aromatic N) is 1. The molecule has 0 saturated heterocycles. The molecule has 0 bridgehead atoms. The van der Waals surface area contributed by atoms with Gasteiger partial charge in [0.1, 0.15) is 11.9 Å². The van der Waals surface area contributed by atoms with Crippen molar-refractivity contribution in [1.29, 1.82) is 0 Å². The molecule has 4 rings (SSSR count). The second-order valence-corrected chi connectivity index (χ2v) is 14.7. The zero-order chi connectivity index (χ0) is 32.3. The van der Waals surface area contributed by atoms with Crippen molar-refractivity contribution in [2.24, 2.45) is 23.2 Å². The van der Waals surface area contributed by atoms with E-state index in [4.69, 9.17) is 0 Å². The van der Waals surface area contributed by atoms with Gasteiger partial charge in [-0.25, -0.2) is 4.39 Å². The molecular formula is C35H53F6NO2. The number of phenolic OH excluding ortho intramolecular Hbond substituents is 1. The lowest BCUT2D eigenvalue weighted by molar-refractivity contribution is -0.284. The van der Waals surface area contributed by atoms with Crippen LogP contribution in [-0.4, -0.2) is 59.1 Å². The average Bonchev–Trinajstić information content (AvgIpc) is 3.16. The number of halogens is 6. The Morgan fingerprint density at radius 2 is 1.52 bits per heavy atom. The molecule has 44 heavy (non-hydrogen) atoms. The molecule has 0 radical (unpaired) electrons. The van der Waals surface area contributed by atoms with Crippen molar-refractivity contribution in [2.45, 2.75) is 140 Å². The van der Waals surface area contributed by atoms with Gasteiger partial charge in [-0.15, -0.1) is 0 Å². The second kappa shape index (κ2) is 14.1. The summed E-state index contributed by atoms with van der Waals surface area (Å²) in [4.78, 5) is 2.29. The van der Waals surface area contributed by atoms with E-state index in [9.17, 15) is 32.2 Å². The lowest BCUT2D eigenvalue weighted by Gasteiger charge is -2.56. The van der Waals surface area contributed by atoms with Gasteiger partial charge in [0.2, 0.25) is 0 Å². The van der Waals surface area contributed by atoms with Crippen LogP contribution in [0.25, 0.3) is 0 Å². The van der Waals surface area contributed by atoms with Crippen LogP contribution in [0.15, 0.2) is 18.2 Å². The molecule has 7 atom stereocenters. The monoisotopic (exact) mass is 633 g/mol. The number of rotatable bonds is 15. The van der Waals surface area contributed by atoms with Crippen molar-refractivity contribution in [1.82, 2.24) is 4.90 Å². The zero-order valence-electron chi connectivity index (χ0n) is 26.7. The van der Waals surface area contributed by atoms with Crippen molar-refractivity contribution in [2.75, 3.05) is 20.1 Å². The lowest BCUT2D eigenvalue weighted by atomic mass is 9.50. The minimum Gasteiger partial charge on any atom is -0.508 e. The molecule has 2 N–H and O–H groups in total. The average molecular weight is 634 g/mol. The van der Waals surface area contributed by atoms with E-state index in [2.05, 4.69) is 18.9 Å². The van der Waals surface area contributed by atoms with Crippen molar-refractivity contribution in [3.63, 3.8) is 0 Å². The molecule has 0 amide bonds. The number of aliphatic hydroxyl groups is 1. The number of hydrogen-bond donors (Lipinski definition) is 2. The molecule has 1 unspecified atom stereocenters. The lowest BCUT2D eigenvalue weighted by Crippen LogP contribution is -2.54.